The summed E-state index contributed by atoms with van der Waals surface area (Å²) in [5, 5.41) is 5.58. The van der Waals surface area contributed by atoms with E-state index in [2.05, 4.69) is 38.7 Å². The summed E-state index contributed by atoms with van der Waals surface area (Å²) in [5.41, 5.74) is 2.67. The minimum absolute atomic E-state index is 0.224. The number of benzene rings is 3. The van der Waals surface area contributed by atoms with Crippen LogP contribution in [0.4, 0.5) is 5.69 Å². The van der Waals surface area contributed by atoms with Crippen molar-refractivity contribution < 1.29 is 19.1 Å². The van der Waals surface area contributed by atoms with Crippen LogP contribution in [0.3, 0.4) is 0 Å². The second-order valence-electron chi connectivity index (χ2n) is 7.01. The monoisotopic (exact) mass is 496 g/mol. The zero-order valence-electron chi connectivity index (χ0n) is 17.8. The van der Waals surface area contributed by atoms with E-state index in [9.17, 15) is 9.59 Å². The number of methoxy groups -OCH3 is 1. The van der Waals surface area contributed by atoms with Crippen LogP contribution in [0.5, 0.6) is 5.75 Å². The number of hydrogen-bond acceptors (Lipinski definition) is 4. The molecule has 0 aromatic heterocycles. The van der Waals surface area contributed by atoms with Crippen molar-refractivity contribution in [3.05, 3.63) is 94.0 Å². The molecule has 0 aliphatic rings. The Morgan fingerprint density at radius 1 is 0.875 bits per heavy atom. The van der Waals surface area contributed by atoms with Gasteiger partial charge in [0.05, 0.1) is 17.7 Å². The normalized spacial score (nSPS) is 10.4. The molecule has 0 saturated heterocycles. The van der Waals surface area contributed by atoms with Gasteiger partial charge in [-0.25, -0.2) is 0 Å². The summed E-state index contributed by atoms with van der Waals surface area (Å²) in [5.74, 6) is 0.170. The number of anilines is 1. The molecule has 3 aromatic carbocycles. The summed E-state index contributed by atoms with van der Waals surface area (Å²) in [6, 6.07) is 22.1. The molecule has 3 rings (SSSR count). The number of halogens is 1. The highest BCUT2D eigenvalue weighted by atomic mass is 79.9. The number of carbonyl (C=O) groups is 2. The number of hydrogen-bond donors (Lipinski definition) is 2. The molecule has 0 atom stereocenters. The van der Waals surface area contributed by atoms with Crippen molar-refractivity contribution in [3.63, 3.8) is 0 Å². The SMILES string of the molecule is COCCNC(=O)c1cccc(NC(=O)c2ccc(OCCc3ccccc3)c(Br)c2)c1. The first kappa shape index (κ1) is 23.5. The molecule has 0 aliphatic carbocycles. The van der Waals surface area contributed by atoms with Crippen LogP contribution in [-0.2, 0) is 11.2 Å². The van der Waals surface area contributed by atoms with Crippen molar-refractivity contribution in [2.24, 2.45) is 0 Å². The highest BCUT2D eigenvalue weighted by molar-refractivity contribution is 9.10. The van der Waals surface area contributed by atoms with Gasteiger partial charge in [0.25, 0.3) is 11.8 Å². The van der Waals surface area contributed by atoms with Crippen molar-refractivity contribution >= 4 is 33.4 Å². The standard InChI is InChI=1S/C25H25BrN2O4/c1-31-15-13-27-24(29)19-8-5-9-21(16-19)28-25(30)20-10-11-23(22(26)17-20)32-14-12-18-6-3-2-4-7-18/h2-11,16-17H,12-15H2,1H3,(H,27,29)(H,28,30). The van der Waals surface area contributed by atoms with Gasteiger partial charge in [0, 0.05) is 36.9 Å². The molecule has 0 bridgehead atoms. The van der Waals surface area contributed by atoms with Crippen molar-refractivity contribution in [3.8, 4) is 5.75 Å². The third kappa shape index (κ3) is 6.93. The fourth-order valence-electron chi connectivity index (χ4n) is 2.99. The second-order valence-corrected chi connectivity index (χ2v) is 7.87. The smallest absolute Gasteiger partial charge is 0.255 e. The molecule has 0 unspecified atom stereocenters. The molecule has 2 amide bonds. The van der Waals surface area contributed by atoms with Gasteiger partial charge in [0.2, 0.25) is 0 Å². The van der Waals surface area contributed by atoms with Crippen molar-refractivity contribution in [1.29, 1.82) is 0 Å². The lowest BCUT2D eigenvalue weighted by Gasteiger charge is -2.11. The van der Waals surface area contributed by atoms with E-state index in [-0.39, 0.29) is 11.8 Å². The fraction of sp³-hybridized carbons (Fsp3) is 0.200. The Kier molecular flexibility index (Phi) is 8.83. The summed E-state index contributed by atoms with van der Waals surface area (Å²) in [7, 11) is 1.57. The molecule has 0 heterocycles. The quantitative estimate of drug-likeness (QED) is 0.399. The average molecular weight is 497 g/mol. The Morgan fingerprint density at radius 2 is 1.66 bits per heavy atom. The van der Waals surface area contributed by atoms with Crippen molar-refractivity contribution in [2.45, 2.75) is 6.42 Å². The van der Waals surface area contributed by atoms with Crippen LogP contribution in [0.25, 0.3) is 0 Å². The predicted octanol–water partition coefficient (Wildman–Crippen LogP) is 4.70. The molecule has 0 radical (unpaired) electrons. The van der Waals surface area contributed by atoms with Gasteiger partial charge >= 0.3 is 0 Å². The molecular weight excluding hydrogens is 472 g/mol. The minimum Gasteiger partial charge on any atom is -0.492 e. The Balaban J connectivity index is 1.57. The maximum Gasteiger partial charge on any atom is 0.255 e. The highest BCUT2D eigenvalue weighted by Gasteiger charge is 2.12. The summed E-state index contributed by atoms with van der Waals surface area (Å²) in [6.45, 7) is 1.39. The molecule has 0 saturated carbocycles. The number of nitrogens with one attached hydrogen (secondary N) is 2. The van der Waals surface area contributed by atoms with Crippen molar-refractivity contribution in [2.75, 3.05) is 32.2 Å². The molecule has 7 heteroatoms. The van der Waals surface area contributed by atoms with E-state index < -0.39 is 0 Å². The van der Waals surface area contributed by atoms with E-state index >= 15 is 0 Å². The van der Waals surface area contributed by atoms with E-state index in [1.165, 1.54) is 5.56 Å². The van der Waals surface area contributed by atoms with Gasteiger partial charge in [-0.1, -0.05) is 36.4 Å². The fourth-order valence-corrected chi connectivity index (χ4v) is 3.49. The van der Waals surface area contributed by atoms with Gasteiger partial charge in [-0.15, -0.1) is 0 Å². The average Bonchev–Trinajstić information content (AvgIpc) is 2.81. The first-order valence-corrected chi connectivity index (χ1v) is 11.0. The Hall–Kier alpha value is -3.16. The lowest BCUT2D eigenvalue weighted by Crippen LogP contribution is -2.27. The first-order chi connectivity index (χ1) is 15.6. The van der Waals surface area contributed by atoms with Crippen LogP contribution in [0.2, 0.25) is 0 Å². The first-order valence-electron chi connectivity index (χ1n) is 10.2. The Bertz CT molecular complexity index is 1060. The molecule has 32 heavy (non-hydrogen) atoms. The van der Waals surface area contributed by atoms with E-state index in [0.717, 1.165) is 6.42 Å². The molecule has 3 aromatic rings. The van der Waals surface area contributed by atoms with Crippen LogP contribution in [0.1, 0.15) is 26.3 Å². The molecule has 0 fully saturated rings. The zero-order valence-corrected chi connectivity index (χ0v) is 19.4. The molecule has 0 spiro atoms. The van der Waals surface area contributed by atoms with Gasteiger partial charge in [0.15, 0.2) is 0 Å². The zero-order chi connectivity index (χ0) is 22.8. The van der Waals surface area contributed by atoms with Crippen LogP contribution in [0.15, 0.2) is 77.3 Å². The largest absolute Gasteiger partial charge is 0.492 e. The molecule has 166 valence electrons. The van der Waals surface area contributed by atoms with Gasteiger partial charge in [-0.05, 0) is 57.9 Å². The number of rotatable bonds is 10. The summed E-state index contributed by atoms with van der Waals surface area (Å²) < 4.78 is 11.5. The van der Waals surface area contributed by atoms with Gasteiger partial charge in [0.1, 0.15) is 5.75 Å². The Labute approximate surface area is 196 Å². The third-order valence-corrected chi connectivity index (χ3v) is 5.28. The number of amides is 2. The third-order valence-electron chi connectivity index (χ3n) is 4.66. The molecule has 2 N–H and O–H groups in total. The van der Waals surface area contributed by atoms with E-state index in [1.807, 2.05) is 18.2 Å². The Morgan fingerprint density at radius 3 is 2.41 bits per heavy atom. The predicted molar refractivity (Wildman–Crippen MR) is 128 cm³/mol. The maximum absolute atomic E-state index is 12.7. The van der Waals surface area contributed by atoms with E-state index in [0.29, 0.717) is 46.8 Å². The van der Waals surface area contributed by atoms with Crippen molar-refractivity contribution in [1.82, 2.24) is 5.32 Å². The van der Waals surface area contributed by atoms with Crippen LogP contribution < -0.4 is 15.4 Å². The molecule has 0 aliphatic heterocycles. The molecular formula is C25H25BrN2O4. The second kappa shape index (κ2) is 12.0. The van der Waals surface area contributed by atoms with E-state index in [1.54, 1.807) is 49.6 Å². The highest BCUT2D eigenvalue weighted by Crippen LogP contribution is 2.26. The lowest BCUT2D eigenvalue weighted by atomic mass is 10.1. The van der Waals surface area contributed by atoms with Crippen LogP contribution >= 0.6 is 15.9 Å². The summed E-state index contributed by atoms with van der Waals surface area (Å²) in [4.78, 5) is 24.9. The van der Waals surface area contributed by atoms with E-state index in [4.69, 9.17) is 9.47 Å². The van der Waals surface area contributed by atoms with Gasteiger partial charge in [-0.3, -0.25) is 9.59 Å². The summed E-state index contributed by atoms with van der Waals surface area (Å²) in [6.07, 6.45) is 0.797. The molecule has 6 nitrogen and oxygen atoms in total. The van der Waals surface area contributed by atoms with Crippen LogP contribution in [-0.4, -0.2) is 38.7 Å². The summed E-state index contributed by atoms with van der Waals surface area (Å²) >= 11 is 3.48. The maximum atomic E-state index is 12.7. The van der Waals surface area contributed by atoms with Crippen LogP contribution in [0, 0.1) is 0 Å². The van der Waals surface area contributed by atoms with Gasteiger partial charge < -0.3 is 20.1 Å². The topological polar surface area (TPSA) is 76.7 Å². The van der Waals surface area contributed by atoms with Gasteiger partial charge in [-0.2, -0.15) is 0 Å². The minimum atomic E-state index is -0.279. The number of ether oxygens (including phenoxy) is 2. The number of carbonyl (C=O) groups excluding carboxylic acids is 2. The lowest BCUT2D eigenvalue weighted by molar-refractivity contribution is 0.0936.